The molecule has 1 aromatic carbocycles. The number of aryl methyl sites for hydroxylation is 1. The van der Waals surface area contributed by atoms with Crippen molar-refractivity contribution in [2.45, 2.75) is 20.3 Å². The third-order valence-corrected chi connectivity index (χ3v) is 5.35. The lowest BCUT2D eigenvalue weighted by Gasteiger charge is -2.17. The molecule has 1 aliphatic heterocycles. The Labute approximate surface area is 167 Å². The van der Waals surface area contributed by atoms with Gasteiger partial charge in [-0.1, -0.05) is 11.2 Å². The van der Waals surface area contributed by atoms with Gasteiger partial charge in [0.05, 0.1) is 22.9 Å². The van der Waals surface area contributed by atoms with Gasteiger partial charge in [0, 0.05) is 24.5 Å². The van der Waals surface area contributed by atoms with Crippen LogP contribution in [-0.2, 0) is 6.42 Å². The number of benzene rings is 1. The second-order valence-corrected chi connectivity index (χ2v) is 7.11. The number of carbonyl (C=O) groups excluding carboxylic acids is 1. The minimum atomic E-state index is -0.238. The zero-order chi connectivity index (χ0) is 20.0. The number of furan rings is 1. The van der Waals surface area contributed by atoms with Crippen LogP contribution < -0.4 is 10.2 Å². The van der Waals surface area contributed by atoms with Crippen molar-refractivity contribution in [3.8, 4) is 11.5 Å². The molecule has 0 saturated heterocycles. The van der Waals surface area contributed by atoms with Crippen LogP contribution in [0.4, 0.5) is 11.4 Å². The molecule has 0 unspecified atom stereocenters. The number of aromatic nitrogens is 2. The van der Waals surface area contributed by atoms with Gasteiger partial charge in [-0.15, -0.1) is 0 Å². The number of carbonyl (C=O) groups is 1. The molecule has 1 amide bonds. The van der Waals surface area contributed by atoms with Crippen molar-refractivity contribution in [2.75, 3.05) is 23.3 Å². The summed E-state index contributed by atoms with van der Waals surface area (Å²) in [5, 5.41) is 7.61. The summed E-state index contributed by atoms with van der Waals surface area (Å²) in [7, 11) is 0. The molecule has 29 heavy (non-hydrogen) atoms. The van der Waals surface area contributed by atoms with Crippen LogP contribution in [-0.4, -0.2) is 29.1 Å². The highest BCUT2D eigenvalue weighted by atomic mass is 16.5. The van der Waals surface area contributed by atoms with Crippen LogP contribution in [0.2, 0.25) is 0 Å². The van der Waals surface area contributed by atoms with Crippen LogP contribution >= 0.6 is 0 Å². The van der Waals surface area contributed by atoms with Crippen LogP contribution in [0.15, 0.2) is 51.6 Å². The highest BCUT2D eigenvalue weighted by Gasteiger charge is 2.22. The van der Waals surface area contributed by atoms with Gasteiger partial charge in [-0.3, -0.25) is 4.79 Å². The summed E-state index contributed by atoms with van der Waals surface area (Å²) in [6.07, 6.45) is 2.60. The van der Waals surface area contributed by atoms with Crippen LogP contribution in [0, 0.1) is 6.92 Å². The molecular formula is C22H20N4O3. The second-order valence-electron chi connectivity index (χ2n) is 7.11. The predicted molar refractivity (Wildman–Crippen MR) is 110 cm³/mol. The highest BCUT2D eigenvalue weighted by molar-refractivity contribution is 6.13. The van der Waals surface area contributed by atoms with Gasteiger partial charge in [0.1, 0.15) is 5.69 Å². The number of nitrogens with zero attached hydrogens (tertiary/aromatic N) is 3. The summed E-state index contributed by atoms with van der Waals surface area (Å²) < 4.78 is 10.8. The van der Waals surface area contributed by atoms with Crippen molar-refractivity contribution in [2.24, 2.45) is 0 Å². The molecule has 7 nitrogen and oxygen atoms in total. The molecule has 4 heterocycles. The molecule has 5 rings (SSSR count). The topological polar surface area (TPSA) is 84.4 Å². The molecule has 3 aromatic heterocycles. The van der Waals surface area contributed by atoms with Crippen LogP contribution in [0.1, 0.15) is 28.5 Å². The van der Waals surface area contributed by atoms with Crippen molar-refractivity contribution in [3.63, 3.8) is 0 Å². The van der Waals surface area contributed by atoms with E-state index >= 15 is 0 Å². The number of likely N-dealkylation sites (N-methyl/N-ethyl adjacent to an activating group) is 1. The smallest absolute Gasteiger partial charge is 0.259 e. The Morgan fingerprint density at radius 1 is 1.28 bits per heavy atom. The molecule has 7 heteroatoms. The molecule has 1 N–H and O–H groups in total. The number of pyridine rings is 1. The summed E-state index contributed by atoms with van der Waals surface area (Å²) in [5.41, 5.74) is 5.16. The first-order valence-corrected chi connectivity index (χ1v) is 9.64. The van der Waals surface area contributed by atoms with E-state index in [0.29, 0.717) is 33.8 Å². The Kier molecular flexibility index (Phi) is 4.08. The molecule has 0 spiro atoms. The van der Waals surface area contributed by atoms with Crippen molar-refractivity contribution in [1.29, 1.82) is 0 Å². The first-order chi connectivity index (χ1) is 14.1. The Morgan fingerprint density at radius 3 is 2.97 bits per heavy atom. The van der Waals surface area contributed by atoms with E-state index in [4.69, 9.17) is 8.94 Å². The first kappa shape index (κ1) is 17.5. The van der Waals surface area contributed by atoms with Crippen LogP contribution in [0.3, 0.4) is 0 Å². The van der Waals surface area contributed by atoms with Crippen LogP contribution in [0.5, 0.6) is 0 Å². The average molecular weight is 388 g/mol. The number of rotatable bonds is 4. The fourth-order valence-corrected chi connectivity index (χ4v) is 3.87. The van der Waals surface area contributed by atoms with Gasteiger partial charge in [-0.2, -0.15) is 0 Å². The second kappa shape index (κ2) is 6.77. The maximum Gasteiger partial charge on any atom is 0.259 e. The zero-order valence-electron chi connectivity index (χ0n) is 16.2. The van der Waals surface area contributed by atoms with Gasteiger partial charge in [0.15, 0.2) is 5.76 Å². The summed E-state index contributed by atoms with van der Waals surface area (Å²) in [6.45, 7) is 5.90. The molecule has 146 valence electrons. The SMILES string of the molecule is CCN1CCc2ccc(NC(=O)c3cc(-c4ccco4)nc4onc(C)c34)cc21. The van der Waals surface area contributed by atoms with E-state index in [1.54, 1.807) is 31.4 Å². The van der Waals surface area contributed by atoms with Crippen molar-refractivity contribution in [3.05, 3.63) is 59.5 Å². The Balaban J connectivity index is 1.54. The number of nitrogens with one attached hydrogen (secondary N) is 1. The average Bonchev–Trinajstić information content (AvgIpc) is 3.47. The largest absolute Gasteiger partial charge is 0.463 e. The molecule has 4 aromatic rings. The summed E-state index contributed by atoms with van der Waals surface area (Å²) in [5.74, 6) is 0.323. The highest BCUT2D eigenvalue weighted by Crippen LogP contribution is 2.32. The maximum absolute atomic E-state index is 13.2. The Morgan fingerprint density at radius 2 is 2.17 bits per heavy atom. The van der Waals surface area contributed by atoms with Gasteiger partial charge in [0.25, 0.3) is 11.6 Å². The van der Waals surface area contributed by atoms with E-state index in [-0.39, 0.29) is 5.91 Å². The zero-order valence-corrected chi connectivity index (χ0v) is 16.2. The van der Waals surface area contributed by atoms with Gasteiger partial charge in [-0.05, 0) is 56.2 Å². The summed E-state index contributed by atoms with van der Waals surface area (Å²) >= 11 is 0. The third kappa shape index (κ3) is 2.95. The lowest BCUT2D eigenvalue weighted by molar-refractivity contribution is 0.102. The lowest BCUT2D eigenvalue weighted by Crippen LogP contribution is -2.19. The van der Waals surface area contributed by atoms with Crippen molar-refractivity contribution in [1.82, 2.24) is 10.1 Å². The molecular weight excluding hydrogens is 368 g/mol. The fourth-order valence-electron chi connectivity index (χ4n) is 3.87. The van der Waals surface area contributed by atoms with E-state index in [0.717, 1.165) is 25.2 Å². The van der Waals surface area contributed by atoms with Crippen molar-refractivity contribution >= 4 is 28.4 Å². The van der Waals surface area contributed by atoms with Crippen molar-refractivity contribution < 1.29 is 13.7 Å². The van der Waals surface area contributed by atoms with Gasteiger partial charge in [0.2, 0.25) is 0 Å². The first-order valence-electron chi connectivity index (χ1n) is 9.64. The number of fused-ring (bicyclic) bond motifs is 2. The number of amides is 1. The molecule has 0 saturated carbocycles. The lowest BCUT2D eigenvalue weighted by atomic mass is 10.1. The summed E-state index contributed by atoms with van der Waals surface area (Å²) in [6, 6.07) is 11.3. The Bertz CT molecular complexity index is 1210. The fraction of sp³-hybridized carbons (Fsp3) is 0.227. The third-order valence-electron chi connectivity index (χ3n) is 5.35. The van der Waals surface area contributed by atoms with E-state index in [1.807, 2.05) is 12.1 Å². The maximum atomic E-state index is 13.2. The van der Waals surface area contributed by atoms with Gasteiger partial charge < -0.3 is 19.2 Å². The minimum absolute atomic E-state index is 0.238. The number of hydrogen-bond acceptors (Lipinski definition) is 6. The monoisotopic (exact) mass is 388 g/mol. The molecule has 0 bridgehead atoms. The minimum Gasteiger partial charge on any atom is -0.463 e. The molecule has 0 atom stereocenters. The number of hydrogen-bond donors (Lipinski definition) is 1. The van der Waals surface area contributed by atoms with E-state index in [2.05, 4.69) is 33.3 Å². The van der Waals surface area contributed by atoms with E-state index in [1.165, 1.54) is 11.3 Å². The number of anilines is 2. The van der Waals surface area contributed by atoms with Crippen LogP contribution in [0.25, 0.3) is 22.6 Å². The molecule has 1 aliphatic rings. The molecule has 0 fully saturated rings. The standard InChI is InChI=1S/C22H20N4O3/c1-3-26-9-8-14-6-7-15(11-18(14)26)23-21(27)16-12-17(19-5-4-10-28-19)24-22-20(16)13(2)25-29-22/h4-7,10-12H,3,8-9H2,1-2H3,(H,23,27). The predicted octanol–water partition coefficient (Wildman–Crippen LogP) is 4.43. The van der Waals surface area contributed by atoms with Gasteiger partial charge in [-0.25, -0.2) is 4.98 Å². The molecule has 0 aliphatic carbocycles. The quantitative estimate of drug-likeness (QED) is 0.557. The normalized spacial score (nSPS) is 13.1. The molecule has 0 radical (unpaired) electrons. The summed E-state index contributed by atoms with van der Waals surface area (Å²) in [4.78, 5) is 20.0. The van der Waals surface area contributed by atoms with Gasteiger partial charge >= 0.3 is 0 Å². The Hall–Kier alpha value is -3.61. The van der Waals surface area contributed by atoms with E-state index in [9.17, 15) is 4.79 Å². The van der Waals surface area contributed by atoms with E-state index < -0.39 is 0 Å².